The first-order valence-electron chi connectivity index (χ1n) is 8.63. The summed E-state index contributed by atoms with van der Waals surface area (Å²) in [6.07, 6.45) is 8.41. The van der Waals surface area contributed by atoms with Crippen LogP contribution in [0.25, 0.3) is 17.2 Å². The van der Waals surface area contributed by atoms with E-state index in [1.165, 1.54) is 18.4 Å². The van der Waals surface area contributed by atoms with Gasteiger partial charge < -0.3 is 0 Å². The van der Waals surface area contributed by atoms with Crippen LogP contribution in [0.3, 0.4) is 0 Å². The van der Waals surface area contributed by atoms with E-state index in [9.17, 15) is 0 Å². The molecule has 0 aliphatic heterocycles. The van der Waals surface area contributed by atoms with Gasteiger partial charge in [-0.15, -0.1) is 0 Å². The Hall–Kier alpha value is -2.49. The van der Waals surface area contributed by atoms with Crippen molar-refractivity contribution in [2.45, 2.75) is 26.7 Å². The summed E-state index contributed by atoms with van der Waals surface area (Å²) in [5, 5.41) is 0. The van der Waals surface area contributed by atoms with Crippen LogP contribution in [-0.4, -0.2) is 19.5 Å². The molecule has 3 aromatic rings. The summed E-state index contributed by atoms with van der Waals surface area (Å²) in [5.41, 5.74) is 5.53. The van der Waals surface area contributed by atoms with Gasteiger partial charge in [-0.1, -0.05) is 6.07 Å². The largest absolute Gasteiger partial charge is 0.287 e. The average Bonchev–Trinajstić information content (AvgIpc) is 3.49. The van der Waals surface area contributed by atoms with Crippen LogP contribution >= 0.6 is 0 Å². The second-order valence-corrected chi connectivity index (χ2v) is 7.21. The number of fused-ring (bicyclic) bond motifs is 1. The third-order valence-electron chi connectivity index (χ3n) is 5.55. The SMILES string of the molecule is Cc1ccc(C)n1-c1ncc(-c2ccc(CC3C4CC34)cn2)cn1. The third kappa shape index (κ3) is 2.25. The second kappa shape index (κ2) is 5.00. The molecule has 3 aromatic heterocycles. The fourth-order valence-corrected chi connectivity index (χ4v) is 3.76. The van der Waals surface area contributed by atoms with Gasteiger partial charge >= 0.3 is 0 Å². The molecular formula is C20H20N4. The van der Waals surface area contributed by atoms with Crippen LogP contribution in [0, 0.1) is 31.6 Å². The fraction of sp³-hybridized carbons (Fsp3) is 0.350. The first-order valence-corrected chi connectivity index (χ1v) is 8.63. The Labute approximate surface area is 141 Å². The Morgan fingerprint density at radius 2 is 1.62 bits per heavy atom. The van der Waals surface area contributed by atoms with Crippen molar-refractivity contribution in [3.05, 3.63) is 59.8 Å². The van der Waals surface area contributed by atoms with Crippen LogP contribution in [0.1, 0.15) is 23.4 Å². The molecule has 24 heavy (non-hydrogen) atoms. The van der Waals surface area contributed by atoms with Crippen molar-refractivity contribution in [2.24, 2.45) is 17.8 Å². The molecule has 0 saturated heterocycles. The molecule has 2 aliphatic carbocycles. The van der Waals surface area contributed by atoms with E-state index >= 15 is 0 Å². The lowest BCUT2D eigenvalue weighted by atomic mass is 10.0. The van der Waals surface area contributed by atoms with Crippen molar-refractivity contribution in [1.82, 2.24) is 19.5 Å². The van der Waals surface area contributed by atoms with Crippen LogP contribution < -0.4 is 0 Å². The maximum Gasteiger partial charge on any atom is 0.234 e. The lowest BCUT2D eigenvalue weighted by Crippen LogP contribution is -2.04. The quantitative estimate of drug-likeness (QED) is 0.736. The van der Waals surface area contributed by atoms with Crippen LogP contribution in [0.15, 0.2) is 42.9 Å². The number of rotatable bonds is 4. The molecule has 5 rings (SSSR count). The zero-order valence-electron chi connectivity index (χ0n) is 14.0. The van der Waals surface area contributed by atoms with Crippen molar-refractivity contribution in [2.75, 3.05) is 0 Å². The van der Waals surface area contributed by atoms with Crippen LogP contribution in [-0.2, 0) is 6.42 Å². The molecule has 0 amide bonds. The van der Waals surface area contributed by atoms with Crippen LogP contribution in [0.5, 0.6) is 0 Å². The summed E-state index contributed by atoms with van der Waals surface area (Å²) in [6.45, 7) is 4.13. The number of pyridine rings is 1. The highest BCUT2D eigenvalue weighted by Gasteiger charge is 2.63. The van der Waals surface area contributed by atoms with Gasteiger partial charge in [0.1, 0.15) is 0 Å². The van der Waals surface area contributed by atoms with Gasteiger partial charge in [0.05, 0.1) is 5.69 Å². The topological polar surface area (TPSA) is 43.6 Å². The van der Waals surface area contributed by atoms with Crippen LogP contribution in [0.2, 0.25) is 0 Å². The zero-order valence-corrected chi connectivity index (χ0v) is 14.0. The normalized spacial score (nSPS) is 23.8. The number of hydrogen-bond donors (Lipinski definition) is 0. The molecule has 120 valence electrons. The first kappa shape index (κ1) is 13.9. The molecule has 4 nitrogen and oxygen atoms in total. The van der Waals surface area contributed by atoms with Crippen molar-refractivity contribution < 1.29 is 0 Å². The number of hydrogen-bond acceptors (Lipinski definition) is 3. The molecule has 2 unspecified atom stereocenters. The van der Waals surface area contributed by atoms with Crippen LogP contribution in [0.4, 0.5) is 0 Å². The van der Waals surface area contributed by atoms with Crippen molar-refractivity contribution in [3.63, 3.8) is 0 Å². The zero-order chi connectivity index (χ0) is 16.3. The Morgan fingerprint density at radius 3 is 2.17 bits per heavy atom. The molecule has 2 saturated carbocycles. The molecule has 0 spiro atoms. The predicted octanol–water partition coefficient (Wildman–Crippen LogP) is 3.75. The Bertz CT molecular complexity index is 865. The highest BCUT2D eigenvalue weighted by Crippen LogP contribution is 2.69. The van der Waals surface area contributed by atoms with Crippen molar-refractivity contribution >= 4 is 0 Å². The van der Waals surface area contributed by atoms with E-state index in [2.05, 4.69) is 57.6 Å². The van der Waals surface area contributed by atoms with Gasteiger partial charge in [-0.25, -0.2) is 9.97 Å². The van der Waals surface area contributed by atoms with E-state index in [4.69, 9.17) is 0 Å². The lowest BCUT2D eigenvalue weighted by Gasteiger charge is -2.08. The van der Waals surface area contributed by atoms with Crippen molar-refractivity contribution in [3.8, 4) is 17.2 Å². The lowest BCUT2D eigenvalue weighted by molar-refractivity contribution is 0.611. The Kier molecular flexibility index (Phi) is 2.90. The fourth-order valence-electron chi connectivity index (χ4n) is 3.76. The molecule has 2 fully saturated rings. The van der Waals surface area contributed by atoms with E-state index in [0.29, 0.717) is 5.95 Å². The first-order chi connectivity index (χ1) is 11.7. The van der Waals surface area contributed by atoms with Gasteiger partial charge in [-0.2, -0.15) is 0 Å². The average molecular weight is 316 g/mol. The highest BCUT2D eigenvalue weighted by molar-refractivity contribution is 5.57. The minimum Gasteiger partial charge on any atom is -0.287 e. The highest BCUT2D eigenvalue weighted by atomic mass is 15.2. The number of aromatic nitrogens is 4. The summed E-state index contributed by atoms with van der Waals surface area (Å²) in [7, 11) is 0. The monoisotopic (exact) mass is 316 g/mol. The van der Waals surface area contributed by atoms with Gasteiger partial charge in [0.15, 0.2) is 0 Å². The molecule has 4 heteroatoms. The van der Waals surface area contributed by atoms with Gasteiger partial charge in [0, 0.05) is 35.5 Å². The minimum atomic E-state index is 0.711. The molecule has 2 aliphatic rings. The molecule has 0 radical (unpaired) electrons. The van der Waals surface area contributed by atoms with E-state index < -0.39 is 0 Å². The molecular weight excluding hydrogens is 296 g/mol. The molecule has 0 bridgehead atoms. The van der Waals surface area contributed by atoms with E-state index in [1.807, 2.05) is 18.6 Å². The van der Waals surface area contributed by atoms with E-state index in [1.54, 1.807) is 0 Å². The van der Waals surface area contributed by atoms with Crippen molar-refractivity contribution in [1.29, 1.82) is 0 Å². The van der Waals surface area contributed by atoms with Gasteiger partial charge in [-0.05, 0) is 68.2 Å². The minimum absolute atomic E-state index is 0.711. The number of aryl methyl sites for hydroxylation is 2. The Morgan fingerprint density at radius 1 is 0.917 bits per heavy atom. The maximum absolute atomic E-state index is 4.61. The molecule has 0 aromatic carbocycles. The standard InChI is InChI=1S/C20H20N4/c1-12-3-4-13(2)24(12)20-22-10-15(11-23-20)19-6-5-14(9-21-19)7-16-17-8-18(16)17/h3-6,9-11,16-18H,7-8H2,1-2H3. The summed E-state index contributed by atoms with van der Waals surface area (Å²) in [6, 6.07) is 8.45. The van der Waals surface area contributed by atoms with E-state index in [0.717, 1.165) is 40.4 Å². The number of nitrogens with zero attached hydrogens (tertiary/aromatic N) is 4. The summed E-state index contributed by atoms with van der Waals surface area (Å²) in [4.78, 5) is 13.7. The molecule has 3 heterocycles. The third-order valence-corrected chi connectivity index (χ3v) is 5.55. The van der Waals surface area contributed by atoms with Gasteiger partial charge in [0.25, 0.3) is 0 Å². The smallest absolute Gasteiger partial charge is 0.234 e. The summed E-state index contributed by atoms with van der Waals surface area (Å²) >= 11 is 0. The summed E-state index contributed by atoms with van der Waals surface area (Å²) < 4.78 is 2.06. The molecule has 2 atom stereocenters. The predicted molar refractivity (Wildman–Crippen MR) is 92.9 cm³/mol. The van der Waals surface area contributed by atoms with Gasteiger partial charge in [0.2, 0.25) is 5.95 Å². The summed E-state index contributed by atoms with van der Waals surface area (Å²) in [5.74, 6) is 3.76. The Balaban J connectivity index is 1.36. The maximum atomic E-state index is 4.61. The van der Waals surface area contributed by atoms with E-state index in [-0.39, 0.29) is 0 Å². The second-order valence-electron chi connectivity index (χ2n) is 7.21. The van der Waals surface area contributed by atoms with Gasteiger partial charge in [-0.3, -0.25) is 9.55 Å². The molecule has 0 N–H and O–H groups in total.